The predicted octanol–water partition coefficient (Wildman–Crippen LogP) is 3.51. The molecule has 2 aromatic rings. The number of ether oxygens (including phenoxy) is 2. The molecule has 0 unspecified atom stereocenters. The number of anilines is 1. The van der Waals surface area contributed by atoms with Crippen molar-refractivity contribution in [1.82, 2.24) is 0 Å². The van der Waals surface area contributed by atoms with Gasteiger partial charge in [-0.3, -0.25) is 4.79 Å². The van der Waals surface area contributed by atoms with Crippen LogP contribution in [0.5, 0.6) is 11.5 Å². The van der Waals surface area contributed by atoms with Crippen LogP contribution >= 0.6 is 0 Å². The van der Waals surface area contributed by atoms with Crippen molar-refractivity contribution in [2.24, 2.45) is 0 Å². The molecule has 2 rings (SSSR count). The molecule has 1 N–H and O–H groups in total. The first-order valence-electron chi connectivity index (χ1n) is 6.49. The van der Waals surface area contributed by atoms with Gasteiger partial charge in [-0.05, 0) is 36.4 Å². The Balaban J connectivity index is 2.01. The Morgan fingerprint density at radius 1 is 1.00 bits per heavy atom. The van der Waals surface area contributed by atoms with Gasteiger partial charge in [0.05, 0.1) is 19.9 Å². The maximum absolute atomic E-state index is 12.0. The fraction of sp³-hybridized carbons (Fsp3) is 0.118. The minimum atomic E-state index is -0.0833. The molecule has 0 fully saturated rings. The summed E-state index contributed by atoms with van der Waals surface area (Å²) in [4.78, 5) is 12.0. The normalized spacial score (nSPS) is 10.4. The fourth-order valence-electron chi connectivity index (χ4n) is 1.82. The number of benzene rings is 2. The SMILES string of the molecule is COc1ccc(C(=O)/C=C/Nc2ccccc2OC)cc1. The van der Waals surface area contributed by atoms with Crippen LogP contribution in [0.25, 0.3) is 0 Å². The number of ketones is 1. The monoisotopic (exact) mass is 283 g/mol. The van der Waals surface area contributed by atoms with E-state index in [0.717, 1.165) is 17.2 Å². The average Bonchev–Trinajstić information content (AvgIpc) is 2.55. The van der Waals surface area contributed by atoms with E-state index in [0.29, 0.717) is 5.56 Å². The number of para-hydroxylation sites is 2. The highest BCUT2D eigenvalue weighted by molar-refractivity contribution is 6.04. The van der Waals surface area contributed by atoms with Gasteiger partial charge in [0.1, 0.15) is 11.5 Å². The van der Waals surface area contributed by atoms with Crippen LogP contribution < -0.4 is 14.8 Å². The van der Waals surface area contributed by atoms with Crippen molar-refractivity contribution in [2.45, 2.75) is 0 Å². The summed E-state index contributed by atoms with van der Waals surface area (Å²) in [5.74, 6) is 1.36. The Bertz CT molecular complexity index is 633. The van der Waals surface area contributed by atoms with Gasteiger partial charge in [-0.2, -0.15) is 0 Å². The number of hydrogen-bond donors (Lipinski definition) is 1. The molecule has 2 aromatic carbocycles. The number of methoxy groups -OCH3 is 2. The van der Waals surface area contributed by atoms with Crippen LogP contribution in [0, 0.1) is 0 Å². The van der Waals surface area contributed by atoms with Crippen LogP contribution in [-0.4, -0.2) is 20.0 Å². The van der Waals surface area contributed by atoms with Crippen LogP contribution in [0.2, 0.25) is 0 Å². The second kappa shape index (κ2) is 7.14. The lowest BCUT2D eigenvalue weighted by molar-refractivity contribution is 0.104. The van der Waals surface area contributed by atoms with Gasteiger partial charge in [-0.15, -0.1) is 0 Å². The number of carbonyl (C=O) groups is 1. The number of nitrogens with one attached hydrogen (secondary N) is 1. The molecule has 0 saturated carbocycles. The minimum Gasteiger partial charge on any atom is -0.497 e. The summed E-state index contributed by atoms with van der Waals surface area (Å²) in [6.45, 7) is 0. The second-order valence-electron chi connectivity index (χ2n) is 4.27. The Labute approximate surface area is 124 Å². The van der Waals surface area contributed by atoms with Crippen molar-refractivity contribution in [1.29, 1.82) is 0 Å². The lowest BCUT2D eigenvalue weighted by Gasteiger charge is -2.06. The summed E-state index contributed by atoms with van der Waals surface area (Å²) in [5.41, 5.74) is 1.41. The van der Waals surface area contributed by atoms with Crippen molar-refractivity contribution < 1.29 is 14.3 Å². The summed E-state index contributed by atoms with van der Waals surface area (Å²) in [6.07, 6.45) is 3.08. The third kappa shape index (κ3) is 3.86. The third-order valence-electron chi connectivity index (χ3n) is 2.96. The number of rotatable bonds is 6. The van der Waals surface area contributed by atoms with Gasteiger partial charge >= 0.3 is 0 Å². The van der Waals surface area contributed by atoms with Crippen molar-refractivity contribution in [3.63, 3.8) is 0 Å². The van der Waals surface area contributed by atoms with Crippen molar-refractivity contribution in [3.8, 4) is 11.5 Å². The molecular weight excluding hydrogens is 266 g/mol. The molecule has 0 aliphatic carbocycles. The van der Waals surface area contributed by atoms with Crippen LogP contribution in [0.4, 0.5) is 5.69 Å². The molecule has 0 aliphatic heterocycles. The first-order valence-corrected chi connectivity index (χ1v) is 6.49. The maximum atomic E-state index is 12.0. The van der Waals surface area contributed by atoms with Gasteiger partial charge in [-0.25, -0.2) is 0 Å². The molecule has 108 valence electrons. The van der Waals surface area contributed by atoms with Gasteiger partial charge < -0.3 is 14.8 Å². The second-order valence-corrected chi connectivity index (χ2v) is 4.27. The Morgan fingerprint density at radius 2 is 1.71 bits per heavy atom. The minimum absolute atomic E-state index is 0.0833. The van der Waals surface area contributed by atoms with Gasteiger partial charge in [0.25, 0.3) is 0 Å². The number of carbonyl (C=O) groups excluding carboxylic acids is 1. The van der Waals surface area contributed by atoms with E-state index in [-0.39, 0.29) is 5.78 Å². The van der Waals surface area contributed by atoms with Crippen molar-refractivity contribution in [3.05, 3.63) is 66.4 Å². The van der Waals surface area contributed by atoms with E-state index in [1.807, 2.05) is 24.3 Å². The molecule has 21 heavy (non-hydrogen) atoms. The zero-order valence-corrected chi connectivity index (χ0v) is 12.0. The van der Waals surface area contributed by atoms with E-state index in [4.69, 9.17) is 9.47 Å². The van der Waals surface area contributed by atoms with E-state index in [1.54, 1.807) is 44.7 Å². The largest absolute Gasteiger partial charge is 0.497 e. The molecule has 0 atom stereocenters. The molecule has 0 bridgehead atoms. The molecule has 4 heteroatoms. The van der Waals surface area contributed by atoms with Gasteiger partial charge in [-0.1, -0.05) is 12.1 Å². The highest BCUT2D eigenvalue weighted by Crippen LogP contribution is 2.22. The van der Waals surface area contributed by atoms with Crippen molar-refractivity contribution in [2.75, 3.05) is 19.5 Å². The zero-order valence-electron chi connectivity index (χ0n) is 12.0. The summed E-state index contributed by atoms with van der Waals surface area (Å²) >= 11 is 0. The topological polar surface area (TPSA) is 47.6 Å². The van der Waals surface area contributed by atoms with Gasteiger partial charge in [0.2, 0.25) is 0 Å². The van der Waals surface area contributed by atoms with Crippen LogP contribution in [0.15, 0.2) is 60.8 Å². The van der Waals surface area contributed by atoms with Crippen molar-refractivity contribution >= 4 is 11.5 Å². The lowest BCUT2D eigenvalue weighted by atomic mass is 10.1. The lowest BCUT2D eigenvalue weighted by Crippen LogP contribution is -1.97. The molecule has 0 aromatic heterocycles. The van der Waals surface area contributed by atoms with E-state index in [2.05, 4.69) is 5.32 Å². The van der Waals surface area contributed by atoms with Gasteiger partial charge in [0.15, 0.2) is 5.78 Å². The third-order valence-corrected chi connectivity index (χ3v) is 2.96. The van der Waals surface area contributed by atoms with Crippen LogP contribution in [0.1, 0.15) is 10.4 Å². The summed E-state index contributed by atoms with van der Waals surface area (Å²) < 4.78 is 10.3. The molecule has 0 aliphatic rings. The first-order chi connectivity index (χ1) is 10.2. The van der Waals surface area contributed by atoms with Crippen LogP contribution in [0.3, 0.4) is 0 Å². The predicted molar refractivity (Wildman–Crippen MR) is 83.1 cm³/mol. The number of allylic oxidation sites excluding steroid dienone is 1. The standard InChI is InChI=1S/C17H17NO3/c1-20-14-9-7-13(8-10-14)16(19)11-12-18-15-5-3-4-6-17(15)21-2/h3-12,18H,1-2H3/b12-11+. The molecule has 0 saturated heterocycles. The molecule has 0 spiro atoms. The van der Waals surface area contributed by atoms with Gasteiger partial charge in [0, 0.05) is 17.8 Å². The van der Waals surface area contributed by atoms with E-state index >= 15 is 0 Å². The molecule has 0 amide bonds. The van der Waals surface area contributed by atoms with E-state index < -0.39 is 0 Å². The molecule has 4 nitrogen and oxygen atoms in total. The van der Waals surface area contributed by atoms with E-state index in [9.17, 15) is 4.79 Å². The average molecular weight is 283 g/mol. The Kier molecular flexibility index (Phi) is 4.99. The Morgan fingerprint density at radius 3 is 2.38 bits per heavy atom. The molecular formula is C17H17NO3. The first kappa shape index (κ1) is 14.7. The Hall–Kier alpha value is -2.75. The summed E-state index contributed by atoms with van der Waals surface area (Å²) in [5, 5.41) is 3.04. The van der Waals surface area contributed by atoms with Crippen LogP contribution in [-0.2, 0) is 0 Å². The highest BCUT2D eigenvalue weighted by Gasteiger charge is 2.02. The number of hydrogen-bond acceptors (Lipinski definition) is 4. The molecule has 0 heterocycles. The fourth-order valence-corrected chi connectivity index (χ4v) is 1.82. The summed E-state index contributed by atoms with van der Waals surface area (Å²) in [6, 6.07) is 14.5. The maximum Gasteiger partial charge on any atom is 0.187 e. The molecule has 0 radical (unpaired) electrons. The summed E-state index contributed by atoms with van der Waals surface area (Å²) in [7, 11) is 3.20. The zero-order chi connectivity index (χ0) is 15.1. The van der Waals surface area contributed by atoms with E-state index in [1.165, 1.54) is 6.08 Å². The smallest absolute Gasteiger partial charge is 0.187 e. The quantitative estimate of drug-likeness (QED) is 0.651. The highest BCUT2D eigenvalue weighted by atomic mass is 16.5.